The number of carbonyl (C=O) groups is 1. The maximum absolute atomic E-state index is 12.1. The monoisotopic (exact) mass is 358 g/mol. The van der Waals surface area contributed by atoms with Crippen LogP contribution in [0.4, 0.5) is 0 Å². The minimum atomic E-state index is -3.44. The van der Waals surface area contributed by atoms with Crippen molar-refractivity contribution in [3.05, 3.63) is 30.3 Å². The number of hydroxylamine groups is 1. The average molecular weight is 358 g/mol. The molecule has 0 bridgehead atoms. The van der Waals surface area contributed by atoms with Crippen LogP contribution in [-0.2, 0) is 24.4 Å². The summed E-state index contributed by atoms with van der Waals surface area (Å²) in [6, 6.07) is 9.22. The third-order valence-corrected chi connectivity index (χ3v) is 5.21. The first-order valence-electron chi connectivity index (χ1n) is 7.72. The zero-order valence-corrected chi connectivity index (χ0v) is 14.2. The van der Waals surface area contributed by atoms with Crippen molar-refractivity contribution in [1.82, 2.24) is 9.79 Å². The van der Waals surface area contributed by atoms with Crippen LogP contribution in [0.3, 0.4) is 0 Å². The Morgan fingerprint density at radius 1 is 1.17 bits per heavy atom. The molecule has 134 valence electrons. The van der Waals surface area contributed by atoms with E-state index >= 15 is 0 Å². The van der Waals surface area contributed by atoms with Gasteiger partial charge in [-0.25, -0.2) is 13.9 Å². The van der Waals surface area contributed by atoms with Gasteiger partial charge in [-0.15, -0.1) is 0 Å². The van der Waals surface area contributed by atoms with Gasteiger partial charge in [-0.1, -0.05) is 18.2 Å². The van der Waals surface area contributed by atoms with E-state index in [4.69, 9.17) is 14.3 Å². The molecule has 1 fully saturated rings. The molecule has 1 N–H and O–H groups in total. The molecule has 1 aliphatic heterocycles. The van der Waals surface area contributed by atoms with E-state index in [1.54, 1.807) is 0 Å². The van der Waals surface area contributed by atoms with Crippen LogP contribution >= 0.6 is 0 Å². The van der Waals surface area contributed by atoms with Gasteiger partial charge in [0.05, 0.1) is 19.0 Å². The minimum absolute atomic E-state index is 0.154. The molecular formula is C15H22N2O6S. The molecule has 1 aromatic rings. The largest absolute Gasteiger partial charge is 0.491 e. The SMILES string of the molecule is O=C(CCS(=O)(=O)N1CCOCC1)NOCCOc1ccccc1. The summed E-state index contributed by atoms with van der Waals surface area (Å²) in [6.07, 6.45) is -0.154. The number of ether oxygens (including phenoxy) is 2. The molecule has 9 heteroatoms. The van der Waals surface area contributed by atoms with Gasteiger partial charge in [0.1, 0.15) is 19.0 Å². The summed E-state index contributed by atoms with van der Waals surface area (Å²) in [5, 5.41) is 0. The summed E-state index contributed by atoms with van der Waals surface area (Å²) in [5.74, 6) is -0.0153. The van der Waals surface area contributed by atoms with Crippen LogP contribution in [0.25, 0.3) is 0 Å². The zero-order chi connectivity index (χ0) is 17.3. The highest BCUT2D eigenvalue weighted by molar-refractivity contribution is 7.89. The predicted molar refractivity (Wildman–Crippen MR) is 86.8 cm³/mol. The van der Waals surface area contributed by atoms with Crippen LogP contribution in [0.2, 0.25) is 0 Å². The van der Waals surface area contributed by atoms with Gasteiger partial charge in [-0.3, -0.25) is 9.63 Å². The Labute approximate surface area is 141 Å². The van der Waals surface area contributed by atoms with Crippen LogP contribution in [0.15, 0.2) is 30.3 Å². The highest BCUT2D eigenvalue weighted by Gasteiger charge is 2.24. The number of hydrogen-bond acceptors (Lipinski definition) is 6. The number of nitrogens with zero attached hydrogens (tertiary/aromatic N) is 1. The van der Waals surface area contributed by atoms with Gasteiger partial charge in [-0.2, -0.15) is 4.31 Å². The number of benzene rings is 1. The fourth-order valence-electron chi connectivity index (χ4n) is 2.08. The molecule has 0 unspecified atom stereocenters. The van der Waals surface area contributed by atoms with Gasteiger partial charge >= 0.3 is 0 Å². The number of para-hydroxylation sites is 1. The molecule has 1 heterocycles. The Balaban J connectivity index is 1.57. The summed E-state index contributed by atoms with van der Waals surface area (Å²) in [7, 11) is -3.44. The molecule has 1 aliphatic rings. The van der Waals surface area contributed by atoms with Gasteiger partial charge in [-0.05, 0) is 12.1 Å². The molecule has 24 heavy (non-hydrogen) atoms. The molecule has 0 radical (unpaired) electrons. The quantitative estimate of drug-likeness (QED) is 0.499. The molecule has 0 spiro atoms. The predicted octanol–water partition coefficient (Wildman–Crippen LogP) is 0.165. The van der Waals surface area contributed by atoms with E-state index in [-0.39, 0.29) is 25.4 Å². The number of rotatable bonds is 9. The average Bonchev–Trinajstić information content (AvgIpc) is 2.61. The van der Waals surface area contributed by atoms with Gasteiger partial charge < -0.3 is 9.47 Å². The van der Waals surface area contributed by atoms with E-state index in [2.05, 4.69) is 5.48 Å². The first-order chi connectivity index (χ1) is 11.6. The van der Waals surface area contributed by atoms with E-state index in [1.807, 2.05) is 30.3 Å². The summed E-state index contributed by atoms with van der Waals surface area (Å²) in [5.41, 5.74) is 2.22. The van der Waals surface area contributed by atoms with Crippen LogP contribution in [0, 0.1) is 0 Å². The lowest BCUT2D eigenvalue weighted by Gasteiger charge is -2.25. The number of carbonyl (C=O) groups excluding carboxylic acids is 1. The standard InChI is InChI=1S/C15H22N2O6S/c18-15(6-13-24(19,20)17-7-9-21-10-8-17)16-23-12-11-22-14-4-2-1-3-5-14/h1-5H,6-13H2,(H,16,18). The molecule has 0 atom stereocenters. The smallest absolute Gasteiger partial charge is 0.244 e. The Morgan fingerprint density at radius 3 is 2.58 bits per heavy atom. The van der Waals surface area contributed by atoms with Gasteiger partial charge in [0.25, 0.3) is 0 Å². The lowest BCUT2D eigenvalue weighted by molar-refractivity contribution is -0.133. The van der Waals surface area contributed by atoms with E-state index in [0.29, 0.717) is 32.1 Å². The summed E-state index contributed by atoms with van der Waals surface area (Å²) in [6.45, 7) is 1.87. The second-order valence-electron chi connectivity index (χ2n) is 5.11. The normalized spacial score (nSPS) is 15.8. The molecule has 0 aliphatic carbocycles. The second-order valence-corrected chi connectivity index (χ2v) is 7.20. The zero-order valence-electron chi connectivity index (χ0n) is 13.3. The highest BCUT2D eigenvalue weighted by Crippen LogP contribution is 2.08. The number of morpholine rings is 1. The number of nitrogens with one attached hydrogen (secondary N) is 1. The van der Waals surface area contributed by atoms with Crippen molar-refractivity contribution < 1.29 is 27.5 Å². The van der Waals surface area contributed by atoms with Crippen molar-refractivity contribution in [2.24, 2.45) is 0 Å². The lowest BCUT2D eigenvalue weighted by atomic mass is 10.3. The van der Waals surface area contributed by atoms with E-state index in [1.165, 1.54) is 4.31 Å². The van der Waals surface area contributed by atoms with Crippen molar-refractivity contribution in [2.45, 2.75) is 6.42 Å². The number of hydrogen-bond donors (Lipinski definition) is 1. The van der Waals surface area contributed by atoms with Crippen LogP contribution in [0.1, 0.15) is 6.42 Å². The third kappa shape index (κ3) is 6.44. The van der Waals surface area contributed by atoms with Gasteiger partial charge in [0.2, 0.25) is 15.9 Å². The van der Waals surface area contributed by atoms with Crippen molar-refractivity contribution in [3.63, 3.8) is 0 Å². The fourth-order valence-corrected chi connectivity index (χ4v) is 3.48. The Kier molecular flexibility index (Phi) is 7.44. The second kappa shape index (κ2) is 9.58. The Bertz CT molecular complexity index is 602. The minimum Gasteiger partial charge on any atom is -0.491 e. The Hall–Kier alpha value is -1.68. The maximum atomic E-state index is 12.1. The third-order valence-electron chi connectivity index (χ3n) is 3.33. The number of sulfonamides is 1. The fraction of sp³-hybridized carbons (Fsp3) is 0.533. The topological polar surface area (TPSA) is 94.2 Å². The summed E-state index contributed by atoms with van der Waals surface area (Å²) in [4.78, 5) is 16.6. The molecule has 0 saturated carbocycles. The van der Waals surface area contributed by atoms with Crippen molar-refractivity contribution in [2.75, 3.05) is 45.3 Å². The molecule has 0 aromatic heterocycles. The number of amides is 1. The lowest BCUT2D eigenvalue weighted by Crippen LogP contribution is -2.42. The molecule has 8 nitrogen and oxygen atoms in total. The van der Waals surface area contributed by atoms with E-state index in [9.17, 15) is 13.2 Å². The van der Waals surface area contributed by atoms with Crippen LogP contribution in [0.5, 0.6) is 5.75 Å². The van der Waals surface area contributed by atoms with Gasteiger partial charge in [0, 0.05) is 19.5 Å². The first-order valence-corrected chi connectivity index (χ1v) is 9.33. The molecule has 1 saturated heterocycles. The van der Waals surface area contributed by atoms with Crippen LogP contribution in [-0.4, -0.2) is 63.9 Å². The summed E-state index contributed by atoms with van der Waals surface area (Å²) < 4.78 is 36.0. The molecule has 2 rings (SSSR count). The van der Waals surface area contributed by atoms with E-state index < -0.39 is 15.9 Å². The van der Waals surface area contributed by atoms with E-state index in [0.717, 1.165) is 0 Å². The molecular weight excluding hydrogens is 336 g/mol. The van der Waals surface area contributed by atoms with Gasteiger partial charge in [0.15, 0.2) is 0 Å². The van der Waals surface area contributed by atoms with Crippen molar-refractivity contribution in [1.29, 1.82) is 0 Å². The highest BCUT2D eigenvalue weighted by atomic mass is 32.2. The first kappa shape index (κ1) is 18.7. The molecule has 1 amide bonds. The summed E-state index contributed by atoms with van der Waals surface area (Å²) >= 11 is 0. The van der Waals surface area contributed by atoms with Crippen molar-refractivity contribution in [3.8, 4) is 5.75 Å². The van der Waals surface area contributed by atoms with Crippen LogP contribution < -0.4 is 10.2 Å². The van der Waals surface area contributed by atoms with Crippen molar-refractivity contribution >= 4 is 15.9 Å². The molecule has 1 aromatic carbocycles. The Morgan fingerprint density at radius 2 is 1.88 bits per heavy atom. The maximum Gasteiger partial charge on any atom is 0.244 e.